The van der Waals surface area contributed by atoms with Crippen LogP contribution in [0.15, 0.2) is 0 Å². The molecule has 0 aromatic carbocycles. The van der Waals surface area contributed by atoms with Gasteiger partial charge in [-0.2, -0.15) is 0 Å². The monoisotopic (exact) mass is 243 g/mol. The van der Waals surface area contributed by atoms with Crippen LogP contribution >= 0.6 is 0 Å². The molecule has 3 N–H and O–H groups in total. The van der Waals surface area contributed by atoms with Crippen LogP contribution in [0, 0.1) is 5.92 Å². The Morgan fingerprint density at radius 2 is 1.76 bits per heavy atom. The molecule has 0 saturated heterocycles. The number of aliphatic hydroxyl groups is 2. The molecule has 0 bridgehead atoms. The molecule has 0 aliphatic heterocycles. The molecule has 17 heavy (non-hydrogen) atoms. The zero-order chi connectivity index (χ0) is 12.6. The molecule has 1 fully saturated rings. The summed E-state index contributed by atoms with van der Waals surface area (Å²) in [5.74, 6) is 0.786. The molecule has 0 aromatic heterocycles. The summed E-state index contributed by atoms with van der Waals surface area (Å²) in [4.78, 5) is 0. The van der Waals surface area contributed by atoms with Gasteiger partial charge < -0.3 is 15.5 Å². The minimum Gasteiger partial charge on any atom is -0.396 e. The van der Waals surface area contributed by atoms with Crippen molar-refractivity contribution < 1.29 is 10.2 Å². The van der Waals surface area contributed by atoms with Gasteiger partial charge in [-0.25, -0.2) is 0 Å². The van der Waals surface area contributed by atoms with Crippen molar-refractivity contribution in [3.63, 3.8) is 0 Å². The normalized spacial score (nSPS) is 29.5. The molecule has 3 heteroatoms. The van der Waals surface area contributed by atoms with Crippen molar-refractivity contribution in [2.24, 2.45) is 5.92 Å². The van der Waals surface area contributed by atoms with Gasteiger partial charge in [0.2, 0.25) is 0 Å². The molecular weight excluding hydrogens is 214 g/mol. The lowest BCUT2D eigenvalue weighted by Gasteiger charge is -2.35. The zero-order valence-electron chi connectivity index (χ0n) is 11.2. The lowest BCUT2D eigenvalue weighted by molar-refractivity contribution is -0.00595. The summed E-state index contributed by atoms with van der Waals surface area (Å²) in [5.41, 5.74) is -0.447. The fraction of sp³-hybridized carbons (Fsp3) is 1.00. The summed E-state index contributed by atoms with van der Waals surface area (Å²) in [6.45, 7) is 4.32. The largest absolute Gasteiger partial charge is 0.396 e. The van der Waals surface area contributed by atoms with E-state index in [1.165, 1.54) is 6.42 Å². The van der Waals surface area contributed by atoms with Crippen LogP contribution < -0.4 is 5.32 Å². The van der Waals surface area contributed by atoms with Gasteiger partial charge in [0.15, 0.2) is 0 Å². The summed E-state index contributed by atoms with van der Waals surface area (Å²) < 4.78 is 0. The SMILES string of the molecule is CC1CCC(O)(CNCCCCCCO)CC1. The molecule has 0 heterocycles. The van der Waals surface area contributed by atoms with E-state index in [2.05, 4.69) is 12.2 Å². The van der Waals surface area contributed by atoms with E-state index in [0.29, 0.717) is 6.61 Å². The van der Waals surface area contributed by atoms with Crippen molar-refractivity contribution in [3.8, 4) is 0 Å². The Morgan fingerprint density at radius 1 is 1.12 bits per heavy atom. The quantitative estimate of drug-likeness (QED) is 0.572. The van der Waals surface area contributed by atoms with Gasteiger partial charge in [-0.3, -0.25) is 0 Å². The second kappa shape index (κ2) is 8.06. The molecule has 0 spiro atoms. The van der Waals surface area contributed by atoms with Gasteiger partial charge in [0.25, 0.3) is 0 Å². The number of nitrogens with one attached hydrogen (secondary N) is 1. The first kappa shape index (κ1) is 14.9. The lowest BCUT2D eigenvalue weighted by Crippen LogP contribution is -2.43. The predicted octanol–water partition coefficient (Wildman–Crippen LogP) is 2.07. The van der Waals surface area contributed by atoms with Crippen molar-refractivity contribution in [1.82, 2.24) is 5.32 Å². The van der Waals surface area contributed by atoms with Gasteiger partial charge >= 0.3 is 0 Å². The summed E-state index contributed by atoms with van der Waals surface area (Å²) in [5, 5.41) is 22.4. The highest BCUT2D eigenvalue weighted by atomic mass is 16.3. The average Bonchev–Trinajstić information content (AvgIpc) is 2.32. The molecule has 102 valence electrons. The fourth-order valence-electron chi connectivity index (χ4n) is 2.51. The molecule has 0 radical (unpaired) electrons. The first-order chi connectivity index (χ1) is 8.16. The Hall–Kier alpha value is -0.120. The molecule has 1 rings (SSSR count). The van der Waals surface area contributed by atoms with Crippen LogP contribution in [0.2, 0.25) is 0 Å². The van der Waals surface area contributed by atoms with E-state index >= 15 is 0 Å². The maximum atomic E-state index is 10.3. The molecule has 3 nitrogen and oxygen atoms in total. The van der Waals surface area contributed by atoms with Crippen molar-refractivity contribution in [2.45, 2.75) is 63.9 Å². The van der Waals surface area contributed by atoms with Gasteiger partial charge in [-0.15, -0.1) is 0 Å². The molecular formula is C14H29NO2. The van der Waals surface area contributed by atoms with E-state index in [9.17, 15) is 5.11 Å². The molecule has 0 amide bonds. The van der Waals surface area contributed by atoms with Crippen molar-refractivity contribution >= 4 is 0 Å². The maximum Gasteiger partial charge on any atom is 0.0771 e. The summed E-state index contributed by atoms with van der Waals surface area (Å²) in [6.07, 6.45) is 8.57. The highest BCUT2D eigenvalue weighted by molar-refractivity contribution is 4.86. The summed E-state index contributed by atoms with van der Waals surface area (Å²) in [6, 6.07) is 0. The van der Waals surface area contributed by atoms with Crippen LogP contribution in [0.25, 0.3) is 0 Å². The maximum absolute atomic E-state index is 10.3. The van der Waals surface area contributed by atoms with E-state index < -0.39 is 5.60 Å². The molecule has 1 aliphatic carbocycles. The molecule has 1 saturated carbocycles. The number of rotatable bonds is 8. The van der Waals surface area contributed by atoms with Crippen LogP contribution in [-0.4, -0.2) is 35.5 Å². The van der Waals surface area contributed by atoms with E-state index in [1.807, 2.05) is 0 Å². The Kier molecular flexibility index (Phi) is 7.09. The molecule has 0 atom stereocenters. The van der Waals surface area contributed by atoms with E-state index in [1.54, 1.807) is 0 Å². The lowest BCUT2D eigenvalue weighted by atomic mass is 9.79. The Balaban J connectivity index is 1.98. The number of hydrogen-bond donors (Lipinski definition) is 3. The second-order valence-electron chi connectivity index (χ2n) is 5.72. The number of aliphatic hydroxyl groups excluding tert-OH is 1. The van der Waals surface area contributed by atoms with Crippen LogP contribution in [-0.2, 0) is 0 Å². The topological polar surface area (TPSA) is 52.5 Å². The van der Waals surface area contributed by atoms with Gasteiger partial charge in [-0.05, 0) is 51.0 Å². The third-order valence-corrected chi connectivity index (χ3v) is 3.92. The average molecular weight is 243 g/mol. The van der Waals surface area contributed by atoms with Crippen LogP contribution in [0.5, 0.6) is 0 Å². The van der Waals surface area contributed by atoms with E-state index in [-0.39, 0.29) is 0 Å². The van der Waals surface area contributed by atoms with Crippen molar-refractivity contribution in [1.29, 1.82) is 0 Å². The van der Waals surface area contributed by atoms with Crippen molar-refractivity contribution in [3.05, 3.63) is 0 Å². The molecule has 0 unspecified atom stereocenters. The zero-order valence-corrected chi connectivity index (χ0v) is 11.2. The smallest absolute Gasteiger partial charge is 0.0771 e. The highest BCUT2D eigenvalue weighted by Gasteiger charge is 2.30. The number of hydrogen-bond acceptors (Lipinski definition) is 3. The van der Waals surface area contributed by atoms with E-state index in [0.717, 1.165) is 64.0 Å². The Morgan fingerprint density at radius 3 is 2.41 bits per heavy atom. The third kappa shape index (κ3) is 6.39. The van der Waals surface area contributed by atoms with Crippen LogP contribution in [0.3, 0.4) is 0 Å². The molecule has 0 aromatic rings. The minimum absolute atomic E-state index is 0.311. The first-order valence-electron chi connectivity index (χ1n) is 7.20. The standard InChI is InChI=1S/C14H29NO2/c1-13-6-8-14(17,9-7-13)12-15-10-4-2-3-5-11-16/h13,15-17H,2-12H2,1H3. The second-order valence-corrected chi connectivity index (χ2v) is 5.72. The third-order valence-electron chi connectivity index (χ3n) is 3.92. The summed E-state index contributed by atoms with van der Waals surface area (Å²) in [7, 11) is 0. The number of unbranched alkanes of at least 4 members (excludes halogenated alkanes) is 3. The van der Waals surface area contributed by atoms with Crippen molar-refractivity contribution in [2.75, 3.05) is 19.7 Å². The van der Waals surface area contributed by atoms with Crippen LogP contribution in [0.1, 0.15) is 58.3 Å². The fourth-order valence-corrected chi connectivity index (χ4v) is 2.51. The van der Waals surface area contributed by atoms with Gasteiger partial charge in [0.05, 0.1) is 5.60 Å². The Bertz CT molecular complexity index is 189. The predicted molar refractivity (Wildman–Crippen MR) is 71.0 cm³/mol. The Labute approximate surface area is 106 Å². The van der Waals surface area contributed by atoms with Gasteiger partial charge in [0, 0.05) is 13.2 Å². The highest BCUT2D eigenvalue weighted by Crippen LogP contribution is 2.31. The van der Waals surface area contributed by atoms with Crippen LogP contribution in [0.4, 0.5) is 0 Å². The molecule has 1 aliphatic rings. The van der Waals surface area contributed by atoms with E-state index in [4.69, 9.17) is 5.11 Å². The minimum atomic E-state index is -0.447. The van der Waals surface area contributed by atoms with Gasteiger partial charge in [0.1, 0.15) is 0 Å². The summed E-state index contributed by atoms with van der Waals surface area (Å²) >= 11 is 0. The first-order valence-corrected chi connectivity index (χ1v) is 7.20. The van der Waals surface area contributed by atoms with Gasteiger partial charge in [-0.1, -0.05) is 19.8 Å².